The Labute approximate surface area is 157 Å². The van der Waals surface area contributed by atoms with Gasteiger partial charge in [-0.15, -0.1) is 0 Å². The minimum atomic E-state index is -0.238. The molecule has 1 heterocycles. The standard InChI is InChI=1S/C20H19ClN4O/c1-13-5-3-4-6-15(13)12-22-19(26)18-11-14(2)23-20(25-18)24-17-9-7-16(21)8-10-17/h3-11H,12H2,1-2H3,(H,22,26)(H,23,24,25). The molecule has 3 rings (SSSR count). The molecule has 0 unspecified atom stereocenters. The maximum atomic E-state index is 12.5. The van der Waals surface area contributed by atoms with Crippen LogP contribution in [0.1, 0.15) is 27.3 Å². The van der Waals surface area contributed by atoms with Crippen molar-refractivity contribution >= 4 is 29.1 Å². The van der Waals surface area contributed by atoms with E-state index < -0.39 is 0 Å². The zero-order chi connectivity index (χ0) is 18.5. The predicted octanol–water partition coefficient (Wildman–Crippen LogP) is 4.42. The summed E-state index contributed by atoms with van der Waals surface area (Å²) in [4.78, 5) is 21.1. The second-order valence-electron chi connectivity index (χ2n) is 5.96. The Kier molecular flexibility index (Phi) is 5.49. The topological polar surface area (TPSA) is 66.9 Å². The number of nitrogens with one attached hydrogen (secondary N) is 2. The molecule has 1 aromatic heterocycles. The van der Waals surface area contributed by atoms with Crippen molar-refractivity contribution in [2.45, 2.75) is 20.4 Å². The van der Waals surface area contributed by atoms with Gasteiger partial charge in [-0.25, -0.2) is 9.97 Å². The van der Waals surface area contributed by atoms with Crippen LogP contribution in [0.15, 0.2) is 54.6 Å². The third kappa shape index (κ3) is 4.58. The number of amides is 1. The molecule has 1 amide bonds. The molecule has 0 aliphatic heterocycles. The summed E-state index contributed by atoms with van der Waals surface area (Å²) in [5.41, 5.74) is 4.04. The Hall–Kier alpha value is -2.92. The molecule has 132 valence electrons. The van der Waals surface area contributed by atoms with E-state index in [4.69, 9.17) is 11.6 Å². The van der Waals surface area contributed by atoms with Crippen LogP contribution < -0.4 is 10.6 Å². The highest BCUT2D eigenvalue weighted by atomic mass is 35.5. The van der Waals surface area contributed by atoms with Crippen molar-refractivity contribution in [1.29, 1.82) is 0 Å². The lowest BCUT2D eigenvalue weighted by Gasteiger charge is -2.10. The summed E-state index contributed by atoms with van der Waals surface area (Å²) in [6.45, 7) is 4.30. The monoisotopic (exact) mass is 366 g/mol. The van der Waals surface area contributed by atoms with E-state index in [9.17, 15) is 4.79 Å². The Morgan fingerprint density at radius 1 is 1.04 bits per heavy atom. The molecule has 0 bridgehead atoms. The minimum absolute atomic E-state index is 0.238. The van der Waals surface area contributed by atoms with Gasteiger partial charge in [0.1, 0.15) is 5.69 Å². The number of carbonyl (C=O) groups is 1. The van der Waals surface area contributed by atoms with Gasteiger partial charge >= 0.3 is 0 Å². The van der Waals surface area contributed by atoms with Gasteiger partial charge < -0.3 is 10.6 Å². The van der Waals surface area contributed by atoms with Crippen LogP contribution in [0.2, 0.25) is 5.02 Å². The van der Waals surface area contributed by atoms with E-state index in [1.165, 1.54) is 0 Å². The number of anilines is 2. The van der Waals surface area contributed by atoms with Crippen LogP contribution >= 0.6 is 11.6 Å². The van der Waals surface area contributed by atoms with Gasteiger partial charge in [0.25, 0.3) is 5.91 Å². The van der Waals surface area contributed by atoms with Gasteiger partial charge in [0.15, 0.2) is 0 Å². The van der Waals surface area contributed by atoms with Gasteiger partial charge in [0, 0.05) is 22.9 Å². The SMILES string of the molecule is Cc1cc(C(=O)NCc2ccccc2C)nc(Nc2ccc(Cl)cc2)n1. The fourth-order valence-corrected chi connectivity index (χ4v) is 2.60. The van der Waals surface area contributed by atoms with E-state index in [1.54, 1.807) is 18.2 Å². The molecule has 0 spiro atoms. The number of hydrogen-bond donors (Lipinski definition) is 2. The average Bonchev–Trinajstić information content (AvgIpc) is 2.62. The molecular formula is C20H19ClN4O. The van der Waals surface area contributed by atoms with Crippen LogP contribution in [0.25, 0.3) is 0 Å². The van der Waals surface area contributed by atoms with Crippen molar-refractivity contribution in [2.24, 2.45) is 0 Å². The summed E-state index contributed by atoms with van der Waals surface area (Å²) in [5.74, 6) is 0.131. The molecule has 0 aliphatic carbocycles. The van der Waals surface area contributed by atoms with Gasteiger partial charge in [0.05, 0.1) is 0 Å². The number of aryl methyl sites for hydroxylation is 2. The van der Waals surface area contributed by atoms with Crippen molar-refractivity contribution in [3.05, 3.63) is 82.1 Å². The summed E-state index contributed by atoms with van der Waals surface area (Å²) < 4.78 is 0. The Morgan fingerprint density at radius 2 is 1.77 bits per heavy atom. The lowest BCUT2D eigenvalue weighted by molar-refractivity contribution is 0.0945. The van der Waals surface area contributed by atoms with Gasteiger partial charge in [-0.1, -0.05) is 35.9 Å². The predicted molar refractivity (Wildman–Crippen MR) is 104 cm³/mol. The zero-order valence-corrected chi connectivity index (χ0v) is 15.3. The fourth-order valence-electron chi connectivity index (χ4n) is 2.48. The zero-order valence-electron chi connectivity index (χ0n) is 14.6. The molecule has 0 atom stereocenters. The Balaban J connectivity index is 1.73. The van der Waals surface area contributed by atoms with Crippen molar-refractivity contribution < 1.29 is 4.79 Å². The second-order valence-corrected chi connectivity index (χ2v) is 6.40. The first kappa shape index (κ1) is 17.9. The summed E-state index contributed by atoms with van der Waals surface area (Å²) in [6, 6.07) is 16.8. The molecule has 3 aromatic rings. The molecule has 0 fully saturated rings. The highest BCUT2D eigenvalue weighted by Gasteiger charge is 2.11. The molecule has 6 heteroatoms. The van der Waals surface area contributed by atoms with Gasteiger partial charge in [0.2, 0.25) is 5.95 Å². The van der Waals surface area contributed by atoms with Crippen molar-refractivity contribution in [1.82, 2.24) is 15.3 Å². The van der Waals surface area contributed by atoms with E-state index in [1.807, 2.05) is 50.2 Å². The van der Waals surface area contributed by atoms with Crippen LogP contribution in [0.5, 0.6) is 0 Å². The molecule has 0 saturated carbocycles. The highest BCUT2D eigenvalue weighted by molar-refractivity contribution is 6.30. The number of carbonyl (C=O) groups excluding carboxylic acids is 1. The summed E-state index contributed by atoms with van der Waals surface area (Å²) in [5, 5.41) is 6.65. The van der Waals surface area contributed by atoms with E-state index >= 15 is 0 Å². The maximum absolute atomic E-state index is 12.5. The van der Waals surface area contributed by atoms with Gasteiger partial charge in [-0.3, -0.25) is 4.79 Å². The van der Waals surface area contributed by atoms with E-state index in [0.717, 1.165) is 16.8 Å². The summed E-state index contributed by atoms with van der Waals surface area (Å²) >= 11 is 5.89. The van der Waals surface area contributed by atoms with Gasteiger partial charge in [-0.2, -0.15) is 0 Å². The average molecular weight is 367 g/mol. The Morgan fingerprint density at radius 3 is 2.50 bits per heavy atom. The van der Waals surface area contributed by atoms with Crippen LogP contribution in [-0.2, 0) is 6.54 Å². The van der Waals surface area contributed by atoms with Crippen LogP contribution in [0.3, 0.4) is 0 Å². The molecule has 0 aliphatic rings. The molecule has 5 nitrogen and oxygen atoms in total. The van der Waals surface area contributed by atoms with Crippen LogP contribution in [0, 0.1) is 13.8 Å². The Bertz CT molecular complexity index is 925. The van der Waals surface area contributed by atoms with Crippen LogP contribution in [-0.4, -0.2) is 15.9 Å². The molecular weight excluding hydrogens is 348 g/mol. The highest BCUT2D eigenvalue weighted by Crippen LogP contribution is 2.17. The number of nitrogens with zero attached hydrogens (tertiary/aromatic N) is 2. The normalized spacial score (nSPS) is 10.4. The first-order valence-corrected chi connectivity index (χ1v) is 8.60. The maximum Gasteiger partial charge on any atom is 0.270 e. The molecule has 26 heavy (non-hydrogen) atoms. The minimum Gasteiger partial charge on any atom is -0.347 e. The third-order valence-electron chi connectivity index (χ3n) is 3.89. The molecule has 2 aromatic carbocycles. The van der Waals surface area contributed by atoms with E-state index in [0.29, 0.717) is 28.9 Å². The largest absolute Gasteiger partial charge is 0.347 e. The lowest BCUT2D eigenvalue weighted by Crippen LogP contribution is -2.24. The van der Waals surface area contributed by atoms with E-state index in [-0.39, 0.29) is 5.91 Å². The molecule has 0 saturated heterocycles. The van der Waals surface area contributed by atoms with Crippen molar-refractivity contribution in [2.75, 3.05) is 5.32 Å². The smallest absolute Gasteiger partial charge is 0.270 e. The number of hydrogen-bond acceptors (Lipinski definition) is 4. The van der Waals surface area contributed by atoms with E-state index in [2.05, 4.69) is 20.6 Å². The van der Waals surface area contributed by atoms with Crippen LogP contribution in [0.4, 0.5) is 11.6 Å². The first-order valence-electron chi connectivity index (χ1n) is 8.22. The number of aromatic nitrogens is 2. The van der Waals surface area contributed by atoms with Crippen molar-refractivity contribution in [3.63, 3.8) is 0 Å². The molecule has 0 radical (unpaired) electrons. The number of benzene rings is 2. The summed E-state index contributed by atoms with van der Waals surface area (Å²) in [7, 11) is 0. The quantitative estimate of drug-likeness (QED) is 0.701. The second kappa shape index (κ2) is 7.97. The first-order chi connectivity index (χ1) is 12.5. The van der Waals surface area contributed by atoms with Gasteiger partial charge in [-0.05, 0) is 55.3 Å². The lowest BCUT2D eigenvalue weighted by atomic mass is 10.1. The summed E-state index contributed by atoms with van der Waals surface area (Å²) in [6.07, 6.45) is 0. The molecule has 2 N–H and O–H groups in total. The fraction of sp³-hybridized carbons (Fsp3) is 0.150. The number of rotatable bonds is 5. The third-order valence-corrected chi connectivity index (χ3v) is 4.14. The van der Waals surface area contributed by atoms with Crippen molar-refractivity contribution in [3.8, 4) is 0 Å². The number of halogens is 1.